The van der Waals surface area contributed by atoms with Gasteiger partial charge < -0.3 is 10.5 Å². The van der Waals surface area contributed by atoms with Gasteiger partial charge in [-0.1, -0.05) is 11.8 Å². The maximum atomic E-state index is 5.80. The molecule has 0 spiro atoms. The smallest absolute Gasteiger partial charge is 0.222 e. The number of aromatic nitrogens is 3. The standard InChI is InChI=1S/C10H18N4OS/c1-7(2)14-9(11)12-13-10(14)16-8-3-5-15-6-4-8/h7-8H,3-6H2,1-2H3,(H2,11,12). The van der Waals surface area contributed by atoms with E-state index in [1.54, 1.807) is 11.8 Å². The van der Waals surface area contributed by atoms with Crippen LogP contribution < -0.4 is 5.73 Å². The molecule has 2 heterocycles. The molecule has 16 heavy (non-hydrogen) atoms. The molecule has 0 atom stereocenters. The van der Waals surface area contributed by atoms with Crippen LogP contribution >= 0.6 is 11.8 Å². The lowest BCUT2D eigenvalue weighted by atomic mass is 10.2. The summed E-state index contributed by atoms with van der Waals surface area (Å²) in [5, 5.41) is 9.59. The van der Waals surface area contributed by atoms with E-state index in [0.29, 0.717) is 17.2 Å². The Labute approximate surface area is 99.7 Å². The van der Waals surface area contributed by atoms with Gasteiger partial charge in [0.2, 0.25) is 5.95 Å². The minimum Gasteiger partial charge on any atom is -0.381 e. The second-order valence-electron chi connectivity index (χ2n) is 4.23. The number of hydrogen-bond donors (Lipinski definition) is 1. The summed E-state index contributed by atoms with van der Waals surface area (Å²) in [4.78, 5) is 0. The van der Waals surface area contributed by atoms with Crippen LogP contribution in [0.2, 0.25) is 0 Å². The molecule has 2 N–H and O–H groups in total. The highest BCUT2D eigenvalue weighted by Crippen LogP contribution is 2.30. The second-order valence-corrected chi connectivity index (χ2v) is 5.50. The third-order valence-corrected chi connectivity index (χ3v) is 3.94. The predicted octanol–water partition coefficient (Wildman–Crippen LogP) is 1.71. The van der Waals surface area contributed by atoms with Gasteiger partial charge in [-0.3, -0.25) is 4.57 Å². The lowest BCUT2D eigenvalue weighted by Gasteiger charge is -2.21. The number of nitrogen functional groups attached to an aromatic ring is 1. The van der Waals surface area contributed by atoms with E-state index in [0.717, 1.165) is 31.2 Å². The van der Waals surface area contributed by atoms with E-state index in [-0.39, 0.29) is 0 Å². The normalized spacial score (nSPS) is 18.2. The van der Waals surface area contributed by atoms with Crippen molar-refractivity contribution in [2.75, 3.05) is 18.9 Å². The zero-order valence-electron chi connectivity index (χ0n) is 9.72. The quantitative estimate of drug-likeness (QED) is 0.874. The molecule has 1 aromatic rings. The van der Waals surface area contributed by atoms with Crippen molar-refractivity contribution >= 4 is 17.7 Å². The molecular weight excluding hydrogens is 224 g/mol. The zero-order valence-corrected chi connectivity index (χ0v) is 10.5. The third-order valence-electron chi connectivity index (χ3n) is 2.65. The highest BCUT2D eigenvalue weighted by molar-refractivity contribution is 7.99. The SMILES string of the molecule is CC(C)n1c(N)nnc1SC1CCOCC1. The number of anilines is 1. The van der Waals surface area contributed by atoms with Gasteiger partial charge in [0.15, 0.2) is 5.16 Å². The van der Waals surface area contributed by atoms with Crippen LogP contribution in [0.1, 0.15) is 32.7 Å². The average molecular weight is 242 g/mol. The molecule has 1 fully saturated rings. The molecule has 0 radical (unpaired) electrons. The van der Waals surface area contributed by atoms with E-state index in [9.17, 15) is 0 Å². The summed E-state index contributed by atoms with van der Waals surface area (Å²) in [5.74, 6) is 0.504. The number of thioether (sulfide) groups is 1. The number of hydrogen-bond acceptors (Lipinski definition) is 5. The summed E-state index contributed by atoms with van der Waals surface area (Å²) in [6, 6.07) is 0.303. The number of nitrogens with zero attached hydrogens (tertiary/aromatic N) is 3. The fourth-order valence-electron chi connectivity index (χ4n) is 1.80. The summed E-state index contributed by atoms with van der Waals surface area (Å²) in [6.07, 6.45) is 2.16. The molecule has 1 aromatic heterocycles. The second kappa shape index (κ2) is 5.05. The molecule has 90 valence electrons. The van der Waals surface area contributed by atoms with Gasteiger partial charge in [-0.05, 0) is 26.7 Å². The number of ether oxygens (including phenoxy) is 1. The van der Waals surface area contributed by atoms with E-state index in [1.165, 1.54) is 0 Å². The first kappa shape index (κ1) is 11.7. The van der Waals surface area contributed by atoms with Crippen molar-refractivity contribution < 1.29 is 4.74 Å². The molecule has 5 nitrogen and oxygen atoms in total. The van der Waals surface area contributed by atoms with E-state index in [1.807, 2.05) is 4.57 Å². The van der Waals surface area contributed by atoms with Gasteiger partial charge in [0.1, 0.15) is 0 Å². The first-order valence-corrected chi connectivity index (χ1v) is 6.51. The van der Waals surface area contributed by atoms with Gasteiger partial charge >= 0.3 is 0 Å². The number of nitrogens with two attached hydrogens (primary N) is 1. The average Bonchev–Trinajstić information content (AvgIpc) is 2.61. The topological polar surface area (TPSA) is 66.0 Å². The Bertz CT molecular complexity index is 347. The molecule has 1 saturated heterocycles. The van der Waals surface area contributed by atoms with Gasteiger partial charge in [0.25, 0.3) is 0 Å². The summed E-state index contributed by atoms with van der Waals surface area (Å²) >= 11 is 1.77. The van der Waals surface area contributed by atoms with Gasteiger partial charge in [0.05, 0.1) is 0 Å². The van der Waals surface area contributed by atoms with Crippen LogP contribution in [-0.2, 0) is 4.74 Å². The minimum atomic E-state index is 0.303. The Balaban J connectivity index is 2.08. The maximum absolute atomic E-state index is 5.80. The number of rotatable bonds is 3. The van der Waals surface area contributed by atoms with Crippen molar-refractivity contribution in [1.82, 2.24) is 14.8 Å². The van der Waals surface area contributed by atoms with E-state index >= 15 is 0 Å². The first-order valence-electron chi connectivity index (χ1n) is 5.63. The molecule has 6 heteroatoms. The van der Waals surface area contributed by atoms with Crippen LogP contribution in [0, 0.1) is 0 Å². The summed E-state index contributed by atoms with van der Waals surface area (Å²) < 4.78 is 7.33. The van der Waals surface area contributed by atoms with Gasteiger partial charge in [0, 0.05) is 24.5 Å². The van der Waals surface area contributed by atoms with E-state index in [2.05, 4.69) is 24.0 Å². The summed E-state index contributed by atoms with van der Waals surface area (Å²) in [7, 11) is 0. The third kappa shape index (κ3) is 2.49. The molecule has 0 amide bonds. The lowest BCUT2D eigenvalue weighted by molar-refractivity contribution is 0.0999. The van der Waals surface area contributed by atoms with Crippen LogP contribution in [0.15, 0.2) is 5.16 Å². The van der Waals surface area contributed by atoms with Gasteiger partial charge in [-0.15, -0.1) is 10.2 Å². The molecule has 1 aliphatic rings. The van der Waals surface area contributed by atoms with E-state index in [4.69, 9.17) is 10.5 Å². The highest BCUT2D eigenvalue weighted by atomic mass is 32.2. The molecule has 0 aliphatic carbocycles. The molecule has 0 unspecified atom stereocenters. The van der Waals surface area contributed by atoms with Crippen LogP contribution in [0.4, 0.5) is 5.95 Å². The Morgan fingerprint density at radius 3 is 2.69 bits per heavy atom. The monoisotopic (exact) mass is 242 g/mol. The van der Waals surface area contributed by atoms with Crippen molar-refractivity contribution in [2.24, 2.45) is 0 Å². The fourth-order valence-corrected chi connectivity index (χ4v) is 3.03. The molecule has 0 bridgehead atoms. The first-order chi connectivity index (χ1) is 7.68. The minimum absolute atomic E-state index is 0.303. The zero-order chi connectivity index (χ0) is 11.5. The van der Waals surface area contributed by atoms with Crippen LogP contribution in [-0.4, -0.2) is 33.2 Å². The van der Waals surface area contributed by atoms with Crippen LogP contribution in [0.5, 0.6) is 0 Å². The Morgan fingerprint density at radius 1 is 1.38 bits per heavy atom. The van der Waals surface area contributed by atoms with Crippen molar-refractivity contribution in [2.45, 2.75) is 43.1 Å². The maximum Gasteiger partial charge on any atom is 0.222 e. The molecule has 0 saturated carbocycles. The van der Waals surface area contributed by atoms with Crippen molar-refractivity contribution in [3.05, 3.63) is 0 Å². The summed E-state index contributed by atoms with van der Waals surface area (Å²) in [5.41, 5.74) is 5.80. The molecule has 0 aromatic carbocycles. The van der Waals surface area contributed by atoms with E-state index < -0.39 is 0 Å². The van der Waals surface area contributed by atoms with Crippen molar-refractivity contribution in [3.8, 4) is 0 Å². The molecular formula is C10H18N4OS. The Kier molecular flexibility index (Phi) is 3.70. The Morgan fingerprint density at radius 2 is 2.06 bits per heavy atom. The van der Waals surface area contributed by atoms with Gasteiger partial charge in [-0.2, -0.15) is 0 Å². The highest BCUT2D eigenvalue weighted by Gasteiger charge is 2.20. The fraction of sp³-hybridized carbons (Fsp3) is 0.800. The van der Waals surface area contributed by atoms with Gasteiger partial charge in [-0.25, -0.2) is 0 Å². The lowest BCUT2D eigenvalue weighted by Crippen LogP contribution is -2.18. The predicted molar refractivity (Wildman–Crippen MR) is 64.5 cm³/mol. The largest absolute Gasteiger partial charge is 0.381 e. The van der Waals surface area contributed by atoms with Crippen molar-refractivity contribution in [3.63, 3.8) is 0 Å². The van der Waals surface area contributed by atoms with Crippen LogP contribution in [0.3, 0.4) is 0 Å². The summed E-state index contributed by atoms with van der Waals surface area (Å²) in [6.45, 7) is 5.88. The van der Waals surface area contributed by atoms with Crippen LogP contribution in [0.25, 0.3) is 0 Å². The molecule has 2 rings (SSSR count). The molecule has 1 aliphatic heterocycles. The Hall–Kier alpha value is -0.750. The van der Waals surface area contributed by atoms with Crippen molar-refractivity contribution in [1.29, 1.82) is 0 Å².